The summed E-state index contributed by atoms with van der Waals surface area (Å²) >= 11 is 0. The van der Waals surface area contributed by atoms with Crippen molar-refractivity contribution in [2.24, 2.45) is 17.8 Å². The molecule has 13 nitrogen and oxygen atoms in total. The minimum atomic E-state index is -1.41. The van der Waals surface area contributed by atoms with Crippen LogP contribution in [-0.4, -0.2) is 55.7 Å². The van der Waals surface area contributed by atoms with Gasteiger partial charge in [-0.3, -0.25) is 19.2 Å². The van der Waals surface area contributed by atoms with Crippen LogP contribution in [0.4, 0.5) is 0 Å². The number of rotatable bonds is 13. The lowest BCUT2D eigenvalue weighted by Gasteiger charge is -2.32. The van der Waals surface area contributed by atoms with Crippen molar-refractivity contribution in [2.45, 2.75) is 73.1 Å². The van der Waals surface area contributed by atoms with Crippen LogP contribution in [0, 0.1) is 29.8 Å². The molecule has 2 aliphatic heterocycles. The highest BCUT2D eigenvalue weighted by atomic mass is 33.0. The molecule has 0 spiro atoms. The number of fused-ring (bicyclic) bond motifs is 2. The molecule has 0 fully saturated rings. The fourth-order valence-electron chi connectivity index (χ4n) is 6.64. The van der Waals surface area contributed by atoms with E-state index in [1.807, 2.05) is 6.92 Å². The summed E-state index contributed by atoms with van der Waals surface area (Å²) in [6.45, 7) is 13.0. The molecule has 4 aromatic rings. The molecule has 0 saturated heterocycles. The molecule has 0 radical (unpaired) electrons. The second kappa shape index (κ2) is 21.4. The van der Waals surface area contributed by atoms with E-state index in [1.54, 1.807) is 54.9 Å². The van der Waals surface area contributed by atoms with Gasteiger partial charge in [0.15, 0.2) is 0 Å². The number of hydrogen-bond acceptors (Lipinski definition) is 9. The molecule has 0 saturated carbocycles. The number of imide groups is 2. The first kappa shape index (κ1) is 48.3. The SMILES string of the molecule is CCC(C)C(C)C(c1cc(CC(=O)ON2C(=O)c3ccccc3C2=O)c(C)[nH]1)C(C)CC.N=P(P)(P)P(P)P.O=C(Cc1cc[nH]c1)ON1C(=O)c2ccccc2C1=O. The monoisotopic (exact) mass is 917 g/mol. The maximum absolute atomic E-state index is 12.6. The Bertz CT molecular complexity index is 2150. The summed E-state index contributed by atoms with van der Waals surface area (Å²) < 4.78 is 0. The molecule has 2 aromatic carbocycles. The minimum absolute atomic E-state index is 0.0132. The molecule has 8 unspecified atom stereocenters. The van der Waals surface area contributed by atoms with Gasteiger partial charge in [-0.15, -0.1) is 17.9 Å². The Hall–Kier alpha value is -3.40. The average Bonchev–Trinajstić information content (AvgIpc) is 3.95. The van der Waals surface area contributed by atoms with Crippen molar-refractivity contribution >= 4 is 84.4 Å². The highest BCUT2D eigenvalue weighted by molar-refractivity contribution is 8.95. The van der Waals surface area contributed by atoms with Gasteiger partial charge in [0.1, 0.15) is 0 Å². The van der Waals surface area contributed by atoms with E-state index in [-0.39, 0.29) is 42.1 Å². The molecular formula is C40H53N5O8P6. The molecule has 0 bridgehead atoms. The number of aromatic nitrogens is 2. The van der Waals surface area contributed by atoms with Gasteiger partial charge in [-0.1, -0.05) is 99.7 Å². The van der Waals surface area contributed by atoms with E-state index in [4.69, 9.17) is 14.8 Å². The van der Waals surface area contributed by atoms with Crippen molar-refractivity contribution in [3.05, 3.63) is 118 Å². The Balaban J connectivity index is 0.000000240. The molecule has 4 heterocycles. The molecule has 4 amide bonds. The third kappa shape index (κ3) is 12.1. The first-order valence-corrected chi connectivity index (χ1v) is 29.3. The lowest BCUT2D eigenvalue weighted by molar-refractivity contribution is -0.168. The number of carbonyl (C=O) groups is 6. The van der Waals surface area contributed by atoms with E-state index in [1.165, 1.54) is 12.1 Å². The largest absolute Gasteiger partial charge is 0.367 e. The number of benzene rings is 2. The van der Waals surface area contributed by atoms with Crippen LogP contribution < -0.4 is 0 Å². The minimum Gasteiger partial charge on any atom is -0.367 e. The van der Waals surface area contributed by atoms with Crippen molar-refractivity contribution < 1.29 is 38.4 Å². The number of hydroxylamine groups is 4. The maximum Gasteiger partial charge on any atom is 0.337 e. The Kier molecular flexibility index (Phi) is 17.5. The van der Waals surface area contributed by atoms with E-state index in [2.05, 4.69) is 86.4 Å². The lowest BCUT2D eigenvalue weighted by atomic mass is 9.74. The van der Waals surface area contributed by atoms with Crippen molar-refractivity contribution in [1.29, 1.82) is 5.16 Å². The maximum atomic E-state index is 12.6. The smallest absolute Gasteiger partial charge is 0.337 e. The van der Waals surface area contributed by atoms with Crippen LogP contribution >= 0.6 is 48.8 Å². The number of nitrogens with one attached hydrogen (secondary N) is 3. The quantitative estimate of drug-likeness (QED) is 0.0875. The number of nitrogens with zero attached hydrogens (tertiary/aromatic N) is 2. The molecule has 3 N–H and O–H groups in total. The zero-order chi connectivity index (χ0) is 43.8. The van der Waals surface area contributed by atoms with Crippen molar-refractivity contribution in [3.63, 3.8) is 0 Å². The first-order valence-electron chi connectivity index (χ1n) is 19.0. The molecule has 2 aliphatic rings. The van der Waals surface area contributed by atoms with Crippen LogP contribution in [0.5, 0.6) is 0 Å². The third-order valence-electron chi connectivity index (χ3n) is 10.5. The summed E-state index contributed by atoms with van der Waals surface area (Å²) in [7, 11) is 10.4. The summed E-state index contributed by atoms with van der Waals surface area (Å²) in [5.41, 5.74) is 4.57. The Morgan fingerprint density at radius 1 is 0.763 bits per heavy atom. The van der Waals surface area contributed by atoms with Gasteiger partial charge in [0.25, 0.3) is 23.6 Å². The van der Waals surface area contributed by atoms with E-state index >= 15 is 0 Å². The topological polar surface area (TPSA) is 183 Å². The summed E-state index contributed by atoms with van der Waals surface area (Å²) in [6, 6.07) is 16.6. The van der Waals surface area contributed by atoms with E-state index in [0.29, 0.717) is 39.4 Å². The predicted molar refractivity (Wildman–Crippen MR) is 246 cm³/mol. The fraction of sp³-hybridized carbons (Fsp3) is 0.350. The summed E-state index contributed by atoms with van der Waals surface area (Å²) in [4.78, 5) is 89.6. The number of aromatic amines is 2. The lowest BCUT2D eigenvalue weighted by Crippen LogP contribution is -2.33. The van der Waals surface area contributed by atoms with E-state index < -0.39 is 41.7 Å². The highest BCUT2D eigenvalue weighted by Gasteiger charge is 2.40. The molecule has 6 rings (SSSR count). The van der Waals surface area contributed by atoms with Gasteiger partial charge in [-0.05, 0) is 79.2 Å². The van der Waals surface area contributed by atoms with Crippen molar-refractivity contribution in [2.75, 3.05) is 0 Å². The second-order valence-corrected chi connectivity index (χ2v) is 37.2. The summed E-state index contributed by atoms with van der Waals surface area (Å²) in [5, 5.41) is 8.50. The van der Waals surface area contributed by atoms with Crippen LogP contribution in [0.15, 0.2) is 73.1 Å². The molecule has 19 heteroatoms. The zero-order valence-corrected chi connectivity index (χ0v) is 40.3. The predicted octanol–water partition coefficient (Wildman–Crippen LogP) is 10.1. The average molecular weight is 918 g/mol. The zero-order valence-electron chi connectivity index (χ0n) is 33.9. The van der Waals surface area contributed by atoms with Crippen molar-refractivity contribution in [1.82, 2.24) is 20.1 Å². The third-order valence-corrected chi connectivity index (χ3v) is 34.8. The van der Waals surface area contributed by atoms with Gasteiger partial charge in [-0.25, -0.2) is 9.59 Å². The number of H-pyrrole nitrogens is 2. The standard InChI is InChI=1S/C26H34N2O4.C14H10N2O4.H9NP6/c1-7-15(3)17(5)24(16(4)8-2)22-13-19(18(6)27-22)14-23(29)32-28-25(30)20-11-9-10-12-21(20)26(28)31;17-12(7-9-5-6-15-8-9)20-16-13(18)10-3-1-2-4-11(10)14(16)19;1-7(4,5)6(2)3/h9-13,15-17,24,27H,7-8,14H2,1-6H3;1-6,8,15H,7H2;1H,2-5H2. The van der Waals surface area contributed by atoms with Crippen LogP contribution in [0.25, 0.3) is 0 Å². The second-order valence-electron chi connectivity index (χ2n) is 14.5. The van der Waals surface area contributed by atoms with Gasteiger partial charge in [0, 0.05) is 35.8 Å². The number of aryl methyl sites for hydroxylation is 1. The van der Waals surface area contributed by atoms with Crippen LogP contribution in [0.2, 0.25) is 0 Å². The van der Waals surface area contributed by atoms with Gasteiger partial charge < -0.3 is 24.8 Å². The molecule has 316 valence electrons. The molecular weight excluding hydrogens is 864 g/mol. The molecule has 8 atom stereocenters. The van der Waals surface area contributed by atoms with Gasteiger partial charge in [-0.2, -0.15) is 0 Å². The Labute approximate surface area is 355 Å². The Morgan fingerprint density at radius 3 is 1.56 bits per heavy atom. The normalized spacial score (nSPS) is 15.4. The first-order chi connectivity index (χ1) is 27.8. The number of hydrogen-bond donors (Lipinski definition) is 3. The number of amides is 4. The van der Waals surface area contributed by atoms with E-state index in [0.717, 1.165) is 29.8 Å². The van der Waals surface area contributed by atoms with Crippen LogP contribution in [-0.2, 0) is 32.1 Å². The van der Waals surface area contributed by atoms with Crippen LogP contribution in [0.3, 0.4) is 0 Å². The van der Waals surface area contributed by atoms with Gasteiger partial charge >= 0.3 is 11.9 Å². The molecule has 2 aromatic heterocycles. The van der Waals surface area contributed by atoms with Crippen LogP contribution in [0.1, 0.15) is 117 Å². The Morgan fingerprint density at radius 2 is 1.19 bits per heavy atom. The van der Waals surface area contributed by atoms with E-state index in [9.17, 15) is 28.8 Å². The fourth-order valence-corrected chi connectivity index (χ4v) is 6.64. The number of carbonyl (C=O) groups excluding carboxylic acids is 6. The molecule has 0 aliphatic carbocycles. The van der Waals surface area contributed by atoms with Gasteiger partial charge in [0.2, 0.25) is 0 Å². The van der Waals surface area contributed by atoms with Crippen molar-refractivity contribution in [3.8, 4) is 0 Å². The van der Waals surface area contributed by atoms with Gasteiger partial charge in [0.05, 0.1) is 35.1 Å². The highest BCUT2D eigenvalue weighted by Crippen LogP contribution is 2.93. The molecule has 59 heavy (non-hydrogen) atoms. The summed E-state index contributed by atoms with van der Waals surface area (Å²) in [5.74, 6) is -1.83. The summed E-state index contributed by atoms with van der Waals surface area (Å²) in [6.07, 6.45) is 4.06.